The van der Waals surface area contributed by atoms with Crippen LogP contribution in [0.2, 0.25) is 0 Å². The number of nitrogens with zero attached hydrogens (tertiary/aromatic N) is 2. The molecule has 1 atom stereocenters. The first-order valence-electron chi connectivity index (χ1n) is 10.5. The van der Waals surface area contributed by atoms with Crippen LogP contribution in [-0.4, -0.2) is 39.3 Å². The zero-order valence-corrected chi connectivity index (χ0v) is 16.5. The maximum Gasteiger partial charge on any atom is 0.315 e. The molecular weight excluding hydrogens is 362 g/mol. The molecule has 1 aliphatic carbocycles. The van der Waals surface area contributed by atoms with E-state index in [1.165, 1.54) is 18.4 Å². The van der Waals surface area contributed by atoms with Crippen molar-refractivity contribution in [3.8, 4) is 0 Å². The summed E-state index contributed by atoms with van der Waals surface area (Å²) in [6, 6.07) is 16.9. The maximum absolute atomic E-state index is 12.4. The molecule has 1 saturated carbocycles. The lowest BCUT2D eigenvalue weighted by atomic mass is 9.94. The van der Waals surface area contributed by atoms with Gasteiger partial charge in [0.05, 0.1) is 11.7 Å². The van der Waals surface area contributed by atoms with Crippen molar-refractivity contribution in [2.45, 2.75) is 50.4 Å². The van der Waals surface area contributed by atoms with Crippen LogP contribution in [-0.2, 0) is 13.1 Å². The Morgan fingerprint density at radius 2 is 2.03 bits per heavy atom. The van der Waals surface area contributed by atoms with Crippen molar-refractivity contribution < 1.29 is 4.79 Å². The van der Waals surface area contributed by atoms with Crippen LogP contribution in [0, 0.1) is 0 Å². The smallest absolute Gasteiger partial charge is 0.315 e. The van der Waals surface area contributed by atoms with E-state index in [4.69, 9.17) is 0 Å². The van der Waals surface area contributed by atoms with Crippen molar-refractivity contribution in [3.63, 3.8) is 0 Å². The van der Waals surface area contributed by atoms with Crippen molar-refractivity contribution in [1.29, 1.82) is 0 Å². The number of fused-ring (bicyclic) bond motifs is 1. The van der Waals surface area contributed by atoms with E-state index in [-0.39, 0.29) is 17.6 Å². The molecular formula is C23H27N5O. The molecule has 3 N–H and O–H groups in total. The number of nitrogens with one attached hydrogen (secondary N) is 3. The predicted molar refractivity (Wildman–Crippen MR) is 113 cm³/mol. The Morgan fingerprint density at radius 3 is 2.86 bits per heavy atom. The number of amides is 2. The minimum absolute atomic E-state index is 0.0768. The van der Waals surface area contributed by atoms with Gasteiger partial charge in [-0.05, 0) is 42.9 Å². The lowest BCUT2D eigenvalue weighted by Crippen LogP contribution is -2.52. The van der Waals surface area contributed by atoms with Gasteiger partial charge in [-0.1, -0.05) is 42.5 Å². The van der Waals surface area contributed by atoms with Crippen molar-refractivity contribution in [1.82, 2.24) is 25.7 Å². The Labute approximate surface area is 170 Å². The number of carbonyl (C=O) groups is 1. The average Bonchev–Trinajstić information content (AvgIpc) is 3.33. The summed E-state index contributed by atoms with van der Waals surface area (Å²) in [6.07, 6.45) is 6.33. The molecule has 2 amide bonds. The number of benzene rings is 2. The van der Waals surface area contributed by atoms with Gasteiger partial charge >= 0.3 is 6.03 Å². The highest BCUT2D eigenvalue weighted by Gasteiger charge is 2.51. The van der Waals surface area contributed by atoms with Crippen molar-refractivity contribution in [2.75, 3.05) is 6.54 Å². The Bertz CT molecular complexity index is 995. The SMILES string of the molecule is O=C(NCc1ccc2cn[nH]c2c1)NC1CCN(Cc2ccccc2)C2(CC2)C1. The molecule has 29 heavy (non-hydrogen) atoms. The highest BCUT2D eigenvalue weighted by Crippen LogP contribution is 2.48. The number of piperidine rings is 1. The van der Waals surface area contributed by atoms with Crippen molar-refractivity contribution in [2.24, 2.45) is 0 Å². The number of H-pyrrole nitrogens is 1. The quantitative estimate of drug-likeness (QED) is 0.625. The highest BCUT2D eigenvalue weighted by atomic mass is 16.2. The van der Waals surface area contributed by atoms with Crippen LogP contribution in [0.5, 0.6) is 0 Å². The van der Waals surface area contributed by atoms with Gasteiger partial charge in [-0.25, -0.2) is 4.79 Å². The molecule has 6 nitrogen and oxygen atoms in total. The molecule has 2 fully saturated rings. The molecule has 1 unspecified atom stereocenters. The second kappa shape index (κ2) is 7.52. The monoisotopic (exact) mass is 389 g/mol. The summed E-state index contributed by atoms with van der Waals surface area (Å²) in [6.45, 7) is 2.56. The Balaban J connectivity index is 1.13. The summed E-state index contributed by atoms with van der Waals surface area (Å²) in [4.78, 5) is 15.1. The van der Waals surface area contributed by atoms with Gasteiger partial charge in [-0.2, -0.15) is 5.10 Å². The van der Waals surface area contributed by atoms with Gasteiger partial charge < -0.3 is 10.6 Å². The molecule has 0 bridgehead atoms. The van der Waals surface area contributed by atoms with Gasteiger partial charge in [0.15, 0.2) is 0 Å². The maximum atomic E-state index is 12.4. The fourth-order valence-corrected chi connectivity index (χ4v) is 4.59. The molecule has 1 spiro atoms. The molecule has 2 aliphatic rings. The number of likely N-dealkylation sites (tertiary alicyclic amines) is 1. The van der Waals surface area contributed by atoms with Crippen LogP contribution in [0.1, 0.15) is 36.8 Å². The second-order valence-corrected chi connectivity index (χ2v) is 8.44. The zero-order valence-electron chi connectivity index (χ0n) is 16.5. The Morgan fingerprint density at radius 1 is 1.17 bits per heavy atom. The number of hydrogen-bond donors (Lipinski definition) is 3. The molecule has 3 aromatic rings. The molecule has 1 aliphatic heterocycles. The van der Waals surface area contributed by atoms with Crippen molar-refractivity contribution in [3.05, 3.63) is 65.9 Å². The second-order valence-electron chi connectivity index (χ2n) is 8.44. The minimum atomic E-state index is -0.0768. The van der Waals surface area contributed by atoms with Gasteiger partial charge in [0, 0.05) is 36.6 Å². The first-order chi connectivity index (χ1) is 14.2. The minimum Gasteiger partial charge on any atom is -0.335 e. The molecule has 2 heterocycles. The third-order valence-corrected chi connectivity index (χ3v) is 6.38. The molecule has 0 radical (unpaired) electrons. The fourth-order valence-electron chi connectivity index (χ4n) is 4.59. The number of rotatable bonds is 5. The number of urea groups is 1. The Kier molecular flexibility index (Phi) is 4.72. The van der Waals surface area contributed by atoms with Crippen LogP contribution < -0.4 is 10.6 Å². The molecule has 5 rings (SSSR count). The average molecular weight is 390 g/mol. The van der Waals surface area contributed by atoms with Gasteiger partial charge in [-0.3, -0.25) is 10.00 Å². The lowest BCUT2D eigenvalue weighted by Gasteiger charge is -2.40. The number of aromatic amines is 1. The van der Waals surface area contributed by atoms with Crippen LogP contribution in [0.3, 0.4) is 0 Å². The highest BCUT2D eigenvalue weighted by molar-refractivity contribution is 5.79. The van der Waals surface area contributed by atoms with Gasteiger partial charge in [0.2, 0.25) is 0 Å². The molecule has 2 aromatic carbocycles. The third kappa shape index (κ3) is 3.98. The largest absolute Gasteiger partial charge is 0.335 e. The van der Waals surface area contributed by atoms with E-state index in [2.05, 4.69) is 56.1 Å². The van der Waals surface area contributed by atoms with E-state index in [0.717, 1.165) is 42.4 Å². The van der Waals surface area contributed by atoms with E-state index in [9.17, 15) is 4.79 Å². The van der Waals surface area contributed by atoms with Gasteiger partial charge in [0.25, 0.3) is 0 Å². The van der Waals surface area contributed by atoms with Gasteiger partial charge in [-0.15, -0.1) is 0 Å². The molecule has 1 aromatic heterocycles. The third-order valence-electron chi connectivity index (χ3n) is 6.38. The molecule has 6 heteroatoms. The Hall–Kier alpha value is -2.86. The predicted octanol–water partition coefficient (Wildman–Crippen LogP) is 3.56. The van der Waals surface area contributed by atoms with E-state index in [0.29, 0.717) is 6.54 Å². The van der Waals surface area contributed by atoms with Crippen LogP contribution in [0.25, 0.3) is 10.9 Å². The summed E-state index contributed by atoms with van der Waals surface area (Å²) < 4.78 is 0. The summed E-state index contributed by atoms with van der Waals surface area (Å²) in [5, 5.41) is 14.3. The standard InChI is InChI=1S/C23H27N5O/c29-22(24-14-18-6-7-19-15-25-27-21(19)12-18)26-20-8-11-28(23(13-20)9-10-23)16-17-4-2-1-3-5-17/h1-7,12,15,20H,8-11,13-14,16H2,(H,25,27)(H2,24,26,29). The number of hydrogen-bond acceptors (Lipinski definition) is 3. The molecule has 150 valence electrons. The van der Waals surface area contributed by atoms with E-state index in [1.807, 2.05) is 18.2 Å². The van der Waals surface area contributed by atoms with Crippen LogP contribution in [0.15, 0.2) is 54.7 Å². The van der Waals surface area contributed by atoms with E-state index >= 15 is 0 Å². The van der Waals surface area contributed by atoms with E-state index in [1.54, 1.807) is 6.20 Å². The summed E-state index contributed by atoms with van der Waals surface area (Å²) in [5.74, 6) is 0. The van der Waals surface area contributed by atoms with E-state index < -0.39 is 0 Å². The normalized spacial score (nSPS) is 20.6. The molecule has 1 saturated heterocycles. The lowest BCUT2D eigenvalue weighted by molar-refractivity contribution is 0.101. The first-order valence-corrected chi connectivity index (χ1v) is 10.5. The van der Waals surface area contributed by atoms with Crippen LogP contribution in [0.4, 0.5) is 4.79 Å². The number of aromatic nitrogens is 2. The summed E-state index contributed by atoms with van der Waals surface area (Å²) in [7, 11) is 0. The topological polar surface area (TPSA) is 73.0 Å². The summed E-state index contributed by atoms with van der Waals surface area (Å²) >= 11 is 0. The van der Waals surface area contributed by atoms with Gasteiger partial charge in [0.1, 0.15) is 0 Å². The first kappa shape index (κ1) is 18.2. The zero-order chi connectivity index (χ0) is 19.7. The summed E-state index contributed by atoms with van der Waals surface area (Å²) in [5.41, 5.74) is 3.72. The van der Waals surface area contributed by atoms with Crippen LogP contribution >= 0.6 is 0 Å². The van der Waals surface area contributed by atoms with Crippen molar-refractivity contribution >= 4 is 16.9 Å². The fraction of sp³-hybridized carbons (Fsp3) is 0.391. The number of carbonyl (C=O) groups excluding carboxylic acids is 1.